The molecule has 3 N–H and O–H groups in total. The molecule has 0 bridgehead atoms. The molecule has 84 valence electrons. The number of nitrogens with two attached hydrogens (primary N) is 1. The van der Waals surface area contributed by atoms with Gasteiger partial charge in [0.2, 0.25) is 5.95 Å². The quantitative estimate of drug-likeness (QED) is 0.779. The number of aromatic nitrogens is 2. The van der Waals surface area contributed by atoms with Crippen molar-refractivity contribution in [2.45, 2.75) is 39.7 Å². The molecule has 0 amide bonds. The molecule has 15 heavy (non-hydrogen) atoms. The highest BCUT2D eigenvalue weighted by Gasteiger charge is 2.04. The Labute approximate surface area is 91.3 Å². The summed E-state index contributed by atoms with van der Waals surface area (Å²) in [5.41, 5.74) is 6.10. The highest BCUT2D eigenvalue weighted by atomic mass is 15.1. The normalized spacial score (nSPS) is 12.8. The first-order valence-electron chi connectivity index (χ1n) is 5.42. The summed E-state index contributed by atoms with van der Waals surface area (Å²) in [6.07, 6.45) is 5.57. The van der Waals surface area contributed by atoms with Crippen molar-refractivity contribution in [3.8, 4) is 0 Å². The molecule has 0 fully saturated rings. The molecule has 0 radical (unpaired) electrons. The summed E-state index contributed by atoms with van der Waals surface area (Å²) in [5, 5.41) is 3.25. The molecule has 1 unspecified atom stereocenters. The van der Waals surface area contributed by atoms with E-state index in [9.17, 15) is 0 Å². The van der Waals surface area contributed by atoms with Crippen LogP contribution in [0.25, 0.3) is 0 Å². The zero-order chi connectivity index (χ0) is 11.3. The van der Waals surface area contributed by atoms with Crippen molar-refractivity contribution in [3.05, 3.63) is 12.4 Å². The van der Waals surface area contributed by atoms with Crippen LogP contribution < -0.4 is 11.1 Å². The first kappa shape index (κ1) is 11.8. The monoisotopic (exact) mass is 208 g/mol. The summed E-state index contributed by atoms with van der Waals surface area (Å²) in [5.74, 6) is 1.39. The van der Waals surface area contributed by atoms with Crippen molar-refractivity contribution >= 4 is 11.6 Å². The van der Waals surface area contributed by atoms with Crippen LogP contribution in [0.3, 0.4) is 0 Å². The van der Waals surface area contributed by atoms with Crippen molar-refractivity contribution in [3.63, 3.8) is 0 Å². The van der Waals surface area contributed by atoms with Gasteiger partial charge < -0.3 is 11.1 Å². The lowest BCUT2D eigenvalue weighted by Crippen LogP contribution is -2.17. The fourth-order valence-corrected chi connectivity index (χ4v) is 1.29. The van der Waals surface area contributed by atoms with Crippen molar-refractivity contribution in [1.29, 1.82) is 0 Å². The Kier molecular flexibility index (Phi) is 4.34. The van der Waals surface area contributed by atoms with Gasteiger partial charge in [0.25, 0.3) is 0 Å². The molecule has 1 aromatic rings. The lowest BCUT2D eigenvalue weighted by molar-refractivity contribution is 0.526. The molecule has 0 aliphatic carbocycles. The summed E-state index contributed by atoms with van der Waals surface area (Å²) in [6, 6.07) is 0.399. The van der Waals surface area contributed by atoms with Crippen molar-refractivity contribution in [1.82, 2.24) is 9.97 Å². The van der Waals surface area contributed by atoms with Crippen LogP contribution in [0.4, 0.5) is 11.6 Å². The molecular weight excluding hydrogens is 188 g/mol. The van der Waals surface area contributed by atoms with Gasteiger partial charge in [-0.3, -0.25) is 0 Å². The number of nitrogen functional groups attached to an aromatic ring is 1. The van der Waals surface area contributed by atoms with Crippen LogP contribution in [0.5, 0.6) is 0 Å². The van der Waals surface area contributed by atoms with Gasteiger partial charge in [0, 0.05) is 6.04 Å². The smallest absolute Gasteiger partial charge is 0.222 e. The van der Waals surface area contributed by atoms with Gasteiger partial charge in [0.15, 0.2) is 0 Å². The van der Waals surface area contributed by atoms with Gasteiger partial charge in [-0.05, 0) is 25.7 Å². The minimum atomic E-state index is 0.399. The zero-order valence-corrected chi connectivity index (χ0v) is 9.70. The molecule has 0 spiro atoms. The van der Waals surface area contributed by atoms with E-state index in [4.69, 9.17) is 5.73 Å². The Balaban J connectivity index is 2.37. The standard InChI is InChI=1S/C11H20N4/c1-8(2)4-5-9(3)15-11-13-6-10(12)7-14-11/h6-9H,4-5,12H2,1-3H3,(H,13,14,15). The minimum absolute atomic E-state index is 0.399. The average Bonchev–Trinajstić information content (AvgIpc) is 2.19. The van der Waals surface area contributed by atoms with E-state index in [1.54, 1.807) is 12.4 Å². The Morgan fingerprint density at radius 1 is 1.20 bits per heavy atom. The molecular formula is C11H20N4. The lowest BCUT2D eigenvalue weighted by Gasteiger charge is -2.14. The van der Waals surface area contributed by atoms with E-state index < -0.39 is 0 Å². The summed E-state index contributed by atoms with van der Waals surface area (Å²) in [6.45, 7) is 6.60. The fourth-order valence-electron chi connectivity index (χ4n) is 1.29. The van der Waals surface area contributed by atoms with E-state index in [-0.39, 0.29) is 0 Å². The molecule has 0 saturated heterocycles. The third-order valence-electron chi connectivity index (χ3n) is 2.22. The number of anilines is 2. The first-order valence-corrected chi connectivity index (χ1v) is 5.42. The van der Waals surface area contributed by atoms with Crippen LogP contribution >= 0.6 is 0 Å². The molecule has 4 heteroatoms. The highest BCUT2D eigenvalue weighted by Crippen LogP contribution is 2.10. The number of rotatable bonds is 5. The maximum Gasteiger partial charge on any atom is 0.222 e. The third-order valence-corrected chi connectivity index (χ3v) is 2.22. The van der Waals surface area contributed by atoms with Crippen LogP contribution in [0, 0.1) is 5.92 Å². The Morgan fingerprint density at radius 2 is 1.80 bits per heavy atom. The number of nitrogens with one attached hydrogen (secondary N) is 1. The van der Waals surface area contributed by atoms with Crippen molar-refractivity contribution in [2.24, 2.45) is 5.92 Å². The van der Waals surface area contributed by atoms with Crippen molar-refractivity contribution in [2.75, 3.05) is 11.1 Å². The van der Waals surface area contributed by atoms with Crippen LogP contribution in [-0.4, -0.2) is 16.0 Å². The molecule has 4 nitrogen and oxygen atoms in total. The molecule has 0 aromatic carbocycles. The summed E-state index contributed by atoms with van der Waals surface area (Å²) in [7, 11) is 0. The van der Waals surface area contributed by atoms with Gasteiger partial charge in [0.1, 0.15) is 0 Å². The molecule has 1 rings (SSSR count). The van der Waals surface area contributed by atoms with Crippen LogP contribution in [-0.2, 0) is 0 Å². The summed E-state index contributed by atoms with van der Waals surface area (Å²) >= 11 is 0. The van der Waals surface area contributed by atoms with Crippen LogP contribution in [0.15, 0.2) is 12.4 Å². The Hall–Kier alpha value is -1.32. The molecule has 0 saturated carbocycles. The predicted octanol–water partition coefficient (Wildman–Crippen LogP) is 2.30. The average molecular weight is 208 g/mol. The first-order chi connectivity index (χ1) is 7.08. The van der Waals surface area contributed by atoms with E-state index in [0.717, 1.165) is 12.3 Å². The van der Waals surface area contributed by atoms with Crippen LogP contribution in [0.2, 0.25) is 0 Å². The second-order valence-corrected chi connectivity index (χ2v) is 4.36. The highest BCUT2D eigenvalue weighted by molar-refractivity contribution is 5.36. The van der Waals surface area contributed by atoms with E-state index in [2.05, 4.69) is 36.1 Å². The zero-order valence-electron chi connectivity index (χ0n) is 9.70. The van der Waals surface area contributed by atoms with Gasteiger partial charge in [-0.15, -0.1) is 0 Å². The maximum absolute atomic E-state index is 5.50. The predicted molar refractivity (Wildman–Crippen MR) is 63.6 cm³/mol. The van der Waals surface area contributed by atoms with E-state index in [0.29, 0.717) is 17.7 Å². The molecule has 1 aromatic heterocycles. The topological polar surface area (TPSA) is 63.8 Å². The number of hydrogen-bond donors (Lipinski definition) is 2. The minimum Gasteiger partial charge on any atom is -0.396 e. The summed E-state index contributed by atoms with van der Waals surface area (Å²) in [4.78, 5) is 8.20. The molecule has 0 aliphatic rings. The van der Waals surface area contributed by atoms with Gasteiger partial charge in [-0.1, -0.05) is 13.8 Å². The molecule has 1 atom stereocenters. The summed E-state index contributed by atoms with van der Waals surface area (Å²) < 4.78 is 0. The van der Waals surface area contributed by atoms with Gasteiger partial charge >= 0.3 is 0 Å². The second kappa shape index (κ2) is 5.53. The maximum atomic E-state index is 5.50. The lowest BCUT2D eigenvalue weighted by atomic mass is 10.0. The number of hydrogen-bond acceptors (Lipinski definition) is 4. The largest absolute Gasteiger partial charge is 0.396 e. The second-order valence-electron chi connectivity index (χ2n) is 4.36. The Bertz CT molecular complexity index is 281. The molecule has 0 aliphatic heterocycles. The van der Waals surface area contributed by atoms with E-state index >= 15 is 0 Å². The number of nitrogens with zero attached hydrogens (tertiary/aromatic N) is 2. The van der Waals surface area contributed by atoms with E-state index in [1.165, 1.54) is 6.42 Å². The van der Waals surface area contributed by atoms with Gasteiger partial charge in [-0.2, -0.15) is 0 Å². The fraction of sp³-hybridized carbons (Fsp3) is 0.636. The van der Waals surface area contributed by atoms with E-state index in [1.807, 2.05) is 0 Å². The third kappa shape index (κ3) is 4.63. The Morgan fingerprint density at radius 3 is 2.33 bits per heavy atom. The van der Waals surface area contributed by atoms with Gasteiger partial charge in [-0.25, -0.2) is 9.97 Å². The van der Waals surface area contributed by atoms with Gasteiger partial charge in [0.05, 0.1) is 18.1 Å². The molecule has 1 heterocycles. The van der Waals surface area contributed by atoms with Crippen LogP contribution in [0.1, 0.15) is 33.6 Å². The van der Waals surface area contributed by atoms with Crippen molar-refractivity contribution < 1.29 is 0 Å². The SMILES string of the molecule is CC(C)CCC(C)Nc1ncc(N)cn1.